The maximum absolute atomic E-state index is 11.4. The number of hydrogen-bond acceptors (Lipinski definition) is 5. The summed E-state index contributed by atoms with van der Waals surface area (Å²) in [7, 11) is 0. The van der Waals surface area contributed by atoms with Crippen molar-refractivity contribution in [2.45, 2.75) is 11.1 Å². The molecule has 2 rings (SSSR count). The molecule has 6 nitrogen and oxygen atoms in total. The largest absolute Gasteiger partial charge is 0.618 e. The van der Waals surface area contributed by atoms with Crippen LogP contribution >= 0.6 is 11.8 Å². The van der Waals surface area contributed by atoms with Crippen molar-refractivity contribution < 1.29 is 14.8 Å². The molecule has 0 fully saturated rings. The highest BCUT2D eigenvalue weighted by molar-refractivity contribution is 7.99. The number of rotatable bonds is 5. The minimum atomic E-state index is -0.875. The van der Waals surface area contributed by atoms with Crippen LogP contribution in [0.2, 0.25) is 0 Å². The van der Waals surface area contributed by atoms with Crippen LogP contribution in [0, 0.1) is 15.3 Å². The number of aromatic nitrogens is 1. The number of thioether (sulfide) groups is 1. The summed E-state index contributed by atoms with van der Waals surface area (Å²) in [5.74, 6) is 0.243. The molecule has 1 heterocycles. The molecule has 1 atom stereocenters. The van der Waals surface area contributed by atoms with Crippen molar-refractivity contribution in [3.63, 3.8) is 0 Å². The van der Waals surface area contributed by atoms with Gasteiger partial charge in [0.15, 0.2) is 6.20 Å². The fourth-order valence-electron chi connectivity index (χ4n) is 1.63. The topological polar surface area (TPSA) is 90.3 Å². The number of nitro groups is 1. The zero-order valence-electron chi connectivity index (χ0n) is 10.4. The van der Waals surface area contributed by atoms with Crippen LogP contribution in [0.5, 0.6) is 0 Å². The van der Waals surface area contributed by atoms with Gasteiger partial charge in [-0.3, -0.25) is 10.1 Å². The second-order valence-electron chi connectivity index (χ2n) is 4.04. The van der Waals surface area contributed by atoms with E-state index in [1.807, 2.05) is 0 Å². The number of hydrogen-bond donors (Lipinski definition) is 1. The Balaban J connectivity index is 2.05. The van der Waals surface area contributed by atoms with E-state index in [0.29, 0.717) is 15.3 Å². The predicted molar refractivity (Wildman–Crippen MR) is 74.2 cm³/mol. The SMILES string of the molecule is O=[N+]([O-])c1cccc(C(O)CSc2cccc[n+]2[O-])c1. The fourth-order valence-corrected chi connectivity index (χ4v) is 2.51. The van der Waals surface area contributed by atoms with Gasteiger partial charge in [-0.2, -0.15) is 4.73 Å². The second-order valence-corrected chi connectivity index (χ2v) is 5.08. The van der Waals surface area contributed by atoms with Crippen LogP contribution in [-0.2, 0) is 0 Å². The summed E-state index contributed by atoms with van der Waals surface area (Å²) in [6, 6.07) is 10.8. The first-order chi connectivity index (χ1) is 9.58. The van der Waals surface area contributed by atoms with Crippen LogP contribution in [0.25, 0.3) is 0 Å². The van der Waals surface area contributed by atoms with Crippen molar-refractivity contribution in [3.8, 4) is 0 Å². The fraction of sp³-hybridized carbons (Fsp3) is 0.154. The maximum atomic E-state index is 11.4. The Morgan fingerprint density at radius 3 is 2.80 bits per heavy atom. The summed E-state index contributed by atoms with van der Waals surface area (Å²) in [5, 5.41) is 32.6. The minimum absolute atomic E-state index is 0.0647. The third-order valence-corrected chi connectivity index (χ3v) is 3.74. The molecule has 0 saturated heterocycles. The van der Waals surface area contributed by atoms with Gasteiger partial charge in [0.1, 0.15) is 0 Å². The number of aliphatic hydroxyl groups excluding tert-OH is 1. The Kier molecular flexibility index (Phi) is 4.54. The number of nitrogens with zero attached hydrogens (tertiary/aromatic N) is 2. The van der Waals surface area contributed by atoms with E-state index in [-0.39, 0.29) is 11.4 Å². The van der Waals surface area contributed by atoms with Crippen LogP contribution < -0.4 is 4.73 Å². The number of nitro benzene ring substituents is 1. The molecule has 0 saturated carbocycles. The van der Waals surface area contributed by atoms with E-state index in [1.165, 1.54) is 36.2 Å². The second kappa shape index (κ2) is 6.36. The van der Waals surface area contributed by atoms with Gasteiger partial charge >= 0.3 is 0 Å². The first-order valence-corrected chi connectivity index (χ1v) is 6.80. The summed E-state index contributed by atoms with van der Waals surface area (Å²) in [6.45, 7) is 0. The van der Waals surface area contributed by atoms with Crippen molar-refractivity contribution in [1.29, 1.82) is 0 Å². The number of aliphatic hydroxyl groups is 1. The zero-order chi connectivity index (χ0) is 14.5. The summed E-state index contributed by atoms with van der Waals surface area (Å²) in [5.41, 5.74) is 0.394. The Morgan fingerprint density at radius 2 is 2.10 bits per heavy atom. The average Bonchev–Trinajstić information content (AvgIpc) is 2.46. The average molecular weight is 292 g/mol. The Bertz CT molecular complexity index is 621. The highest BCUT2D eigenvalue weighted by Crippen LogP contribution is 2.24. The molecule has 1 aromatic carbocycles. The molecule has 0 aliphatic carbocycles. The van der Waals surface area contributed by atoms with Gasteiger partial charge in [0.05, 0.1) is 11.0 Å². The molecular formula is C13H12N2O4S. The van der Waals surface area contributed by atoms with Gasteiger partial charge in [-0.15, -0.1) is 0 Å². The van der Waals surface area contributed by atoms with Crippen LogP contribution in [0.15, 0.2) is 53.7 Å². The summed E-state index contributed by atoms with van der Waals surface area (Å²) < 4.78 is 0.713. The van der Waals surface area contributed by atoms with Gasteiger partial charge in [0, 0.05) is 30.0 Å². The predicted octanol–water partition coefficient (Wildman–Crippen LogP) is 2.05. The van der Waals surface area contributed by atoms with Gasteiger partial charge in [-0.25, -0.2) is 0 Å². The standard InChI is InChI=1S/C13H12N2O4S/c16-12(9-20-13-6-1-2-7-14(13)17)10-4-3-5-11(8-10)15(18)19/h1-8,12,16H,9H2. The Labute approximate surface area is 119 Å². The number of non-ortho nitro benzene ring substituents is 1. The van der Waals surface area contributed by atoms with Gasteiger partial charge in [0.25, 0.3) is 10.7 Å². The van der Waals surface area contributed by atoms with Crippen LogP contribution in [-0.4, -0.2) is 15.8 Å². The van der Waals surface area contributed by atoms with Crippen molar-refractivity contribution in [2.75, 3.05) is 5.75 Å². The molecule has 7 heteroatoms. The lowest BCUT2D eigenvalue weighted by Gasteiger charge is -2.10. The third kappa shape index (κ3) is 3.46. The van der Waals surface area contributed by atoms with E-state index < -0.39 is 11.0 Å². The first-order valence-electron chi connectivity index (χ1n) is 5.81. The lowest BCUT2D eigenvalue weighted by atomic mass is 10.1. The molecule has 0 spiro atoms. The molecular weight excluding hydrogens is 280 g/mol. The molecule has 0 amide bonds. The molecule has 0 radical (unpaired) electrons. The van der Waals surface area contributed by atoms with Gasteiger partial charge in [0.2, 0.25) is 0 Å². The summed E-state index contributed by atoms with van der Waals surface area (Å²) >= 11 is 1.19. The highest BCUT2D eigenvalue weighted by Gasteiger charge is 2.14. The molecule has 1 N–H and O–H groups in total. The normalized spacial score (nSPS) is 12.1. The van der Waals surface area contributed by atoms with Crippen molar-refractivity contribution >= 4 is 17.4 Å². The van der Waals surface area contributed by atoms with Crippen LogP contribution in [0.1, 0.15) is 11.7 Å². The van der Waals surface area contributed by atoms with E-state index in [1.54, 1.807) is 24.3 Å². The third-order valence-electron chi connectivity index (χ3n) is 2.64. The van der Waals surface area contributed by atoms with Crippen molar-refractivity contribution in [3.05, 3.63) is 69.5 Å². The summed E-state index contributed by atoms with van der Waals surface area (Å²) in [4.78, 5) is 10.2. The highest BCUT2D eigenvalue weighted by atomic mass is 32.2. The van der Waals surface area contributed by atoms with Gasteiger partial charge < -0.3 is 10.3 Å². The summed E-state index contributed by atoms with van der Waals surface area (Å²) in [6.07, 6.45) is 0.502. The molecule has 1 unspecified atom stereocenters. The molecule has 0 aliphatic heterocycles. The number of pyridine rings is 1. The molecule has 2 aromatic rings. The smallest absolute Gasteiger partial charge is 0.269 e. The Morgan fingerprint density at radius 1 is 1.30 bits per heavy atom. The minimum Gasteiger partial charge on any atom is -0.618 e. The van der Waals surface area contributed by atoms with E-state index in [4.69, 9.17) is 0 Å². The molecule has 0 aliphatic rings. The van der Waals surface area contributed by atoms with Gasteiger partial charge in [-0.1, -0.05) is 23.9 Å². The zero-order valence-corrected chi connectivity index (χ0v) is 11.2. The van der Waals surface area contributed by atoms with Gasteiger partial charge in [-0.05, 0) is 11.6 Å². The monoisotopic (exact) mass is 292 g/mol. The number of benzene rings is 1. The van der Waals surface area contributed by atoms with E-state index in [2.05, 4.69) is 0 Å². The quantitative estimate of drug-likeness (QED) is 0.299. The molecule has 0 bridgehead atoms. The first kappa shape index (κ1) is 14.3. The van der Waals surface area contributed by atoms with Crippen molar-refractivity contribution in [2.24, 2.45) is 0 Å². The van der Waals surface area contributed by atoms with E-state index >= 15 is 0 Å². The lowest BCUT2D eigenvalue weighted by molar-refractivity contribution is -0.645. The van der Waals surface area contributed by atoms with E-state index in [9.17, 15) is 20.4 Å². The molecule has 20 heavy (non-hydrogen) atoms. The van der Waals surface area contributed by atoms with Crippen LogP contribution in [0.4, 0.5) is 5.69 Å². The van der Waals surface area contributed by atoms with Crippen LogP contribution in [0.3, 0.4) is 0 Å². The van der Waals surface area contributed by atoms with E-state index in [0.717, 1.165) is 0 Å². The molecule has 104 valence electrons. The van der Waals surface area contributed by atoms with Crippen molar-refractivity contribution in [1.82, 2.24) is 0 Å². The Hall–Kier alpha value is -2.12. The molecule has 1 aromatic heterocycles. The maximum Gasteiger partial charge on any atom is 0.269 e. The lowest BCUT2D eigenvalue weighted by Crippen LogP contribution is -2.28.